The largest absolute Gasteiger partial charge is 0.444 e. The highest BCUT2D eigenvalue weighted by Crippen LogP contribution is 2.53. The van der Waals surface area contributed by atoms with Crippen molar-refractivity contribution >= 4 is 52.2 Å². The predicted molar refractivity (Wildman–Crippen MR) is 193 cm³/mol. The van der Waals surface area contributed by atoms with Crippen LogP contribution in [0.25, 0.3) is 0 Å². The van der Waals surface area contributed by atoms with Crippen LogP contribution >= 0.6 is 22.6 Å². The molecule has 0 spiro atoms. The SMILES string of the molecule is CC(C)(C)OC(=O)N[C@](I)(Cc1ccc(NC(=O)CC(=O)c2ccc(F)cc2)cc1)C1CN(C2(c3cccc(C(C)(C)C)c3)CC2)C(=O)O1. The van der Waals surface area contributed by atoms with E-state index in [1.807, 2.05) is 6.07 Å². The van der Waals surface area contributed by atoms with Gasteiger partial charge in [0.15, 0.2) is 11.9 Å². The van der Waals surface area contributed by atoms with Crippen LogP contribution in [0.2, 0.25) is 0 Å². The van der Waals surface area contributed by atoms with Crippen LogP contribution < -0.4 is 10.6 Å². The van der Waals surface area contributed by atoms with Crippen LogP contribution in [0.1, 0.15) is 87.9 Å². The summed E-state index contributed by atoms with van der Waals surface area (Å²) in [6.07, 6.45) is -0.238. The molecule has 1 saturated carbocycles. The van der Waals surface area contributed by atoms with Gasteiger partial charge in [-0.3, -0.25) is 14.5 Å². The molecule has 3 amide bonds. The van der Waals surface area contributed by atoms with Crippen LogP contribution in [0.3, 0.4) is 0 Å². The van der Waals surface area contributed by atoms with Gasteiger partial charge >= 0.3 is 12.2 Å². The molecule has 0 aromatic heterocycles. The molecular formula is C38H43FIN3O6. The van der Waals surface area contributed by atoms with Crippen molar-refractivity contribution in [2.75, 3.05) is 11.9 Å². The van der Waals surface area contributed by atoms with Gasteiger partial charge in [0.2, 0.25) is 5.91 Å². The molecule has 11 heteroatoms. The van der Waals surface area contributed by atoms with Crippen LogP contribution in [0.4, 0.5) is 19.7 Å². The highest BCUT2D eigenvalue weighted by Gasteiger charge is 2.58. The first kappa shape index (κ1) is 36.3. The van der Waals surface area contributed by atoms with E-state index in [4.69, 9.17) is 9.47 Å². The van der Waals surface area contributed by atoms with E-state index < -0.39 is 56.9 Å². The molecule has 9 nitrogen and oxygen atoms in total. The van der Waals surface area contributed by atoms with Crippen molar-refractivity contribution in [3.05, 3.63) is 101 Å². The summed E-state index contributed by atoms with van der Waals surface area (Å²) < 4.78 is 23.8. The van der Waals surface area contributed by atoms with Gasteiger partial charge in [-0.15, -0.1) is 0 Å². The first-order chi connectivity index (χ1) is 22.9. The Bertz CT molecular complexity index is 1730. The second-order valence-corrected chi connectivity index (χ2v) is 16.8. The van der Waals surface area contributed by atoms with E-state index in [0.717, 1.165) is 24.0 Å². The van der Waals surface area contributed by atoms with E-state index in [1.165, 1.54) is 29.8 Å². The lowest BCUT2D eigenvalue weighted by Gasteiger charge is -2.34. The highest BCUT2D eigenvalue weighted by molar-refractivity contribution is 14.1. The van der Waals surface area contributed by atoms with Gasteiger partial charge in [-0.2, -0.15) is 0 Å². The van der Waals surface area contributed by atoms with Crippen molar-refractivity contribution in [2.45, 2.75) is 93.4 Å². The number of benzene rings is 3. The zero-order valence-electron chi connectivity index (χ0n) is 28.7. The van der Waals surface area contributed by atoms with Gasteiger partial charge in [0.1, 0.15) is 15.0 Å². The molecule has 2 atom stereocenters. The number of carbonyl (C=O) groups is 4. The molecule has 2 aliphatic rings. The standard InChI is InChI=1S/C38H43FIN3O6/c1-35(2,3)26-8-7-9-27(20-26)37(18-19-37)43-23-31(48-34(43)47)38(40,42-33(46)49-36(4,5)6)22-24-10-16-29(17-11-24)41-32(45)21-30(44)25-12-14-28(39)15-13-25/h7-17,20,31H,18-19,21-23H2,1-6H3,(H,41,45)(H,42,46)/t31?,38-/m1/s1. The van der Waals surface area contributed by atoms with Crippen molar-refractivity contribution in [2.24, 2.45) is 0 Å². The van der Waals surface area contributed by atoms with E-state index in [9.17, 15) is 23.6 Å². The number of halogens is 2. The van der Waals surface area contributed by atoms with Crippen LogP contribution in [-0.4, -0.2) is 50.6 Å². The number of hydrogen-bond donors (Lipinski definition) is 2. The lowest BCUT2D eigenvalue weighted by atomic mass is 9.85. The quantitative estimate of drug-likeness (QED) is 0.0708. The number of amides is 3. The van der Waals surface area contributed by atoms with Crippen molar-refractivity contribution in [3.8, 4) is 0 Å². The summed E-state index contributed by atoms with van der Waals surface area (Å²) in [5, 5.41) is 5.72. The summed E-state index contributed by atoms with van der Waals surface area (Å²) >= 11 is 2.15. The Morgan fingerprint density at radius 1 is 0.980 bits per heavy atom. The molecule has 1 aliphatic carbocycles. The van der Waals surface area contributed by atoms with Crippen LogP contribution in [0.15, 0.2) is 72.8 Å². The normalized spacial score (nSPS) is 18.2. The fourth-order valence-corrected chi connectivity index (χ4v) is 6.95. The molecule has 5 rings (SSSR count). The summed E-state index contributed by atoms with van der Waals surface area (Å²) in [6.45, 7) is 12.1. The lowest BCUT2D eigenvalue weighted by Crippen LogP contribution is -2.56. The number of ketones is 1. The maximum absolute atomic E-state index is 13.5. The van der Waals surface area contributed by atoms with Gasteiger partial charge in [0, 0.05) is 17.7 Å². The second kappa shape index (κ2) is 13.7. The number of carbonyl (C=O) groups excluding carboxylic acids is 4. The zero-order chi connectivity index (χ0) is 35.8. The third-order valence-electron chi connectivity index (χ3n) is 8.72. The second-order valence-electron chi connectivity index (χ2n) is 14.9. The van der Waals surface area contributed by atoms with Gasteiger partial charge in [-0.25, -0.2) is 14.0 Å². The Labute approximate surface area is 300 Å². The summed E-state index contributed by atoms with van der Waals surface area (Å²) in [6, 6.07) is 20.4. The van der Waals surface area contributed by atoms with Crippen LogP contribution in [0, 0.1) is 5.82 Å². The monoisotopic (exact) mass is 783 g/mol. The molecule has 1 unspecified atom stereocenters. The topological polar surface area (TPSA) is 114 Å². The summed E-state index contributed by atoms with van der Waals surface area (Å²) in [7, 11) is 0. The van der Waals surface area contributed by atoms with Gasteiger partial charge < -0.3 is 20.1 Å². The van der Waals surface area contributed by atoms with Crippen molar-refractivity contribution in [3.63, 3.8) is 0 Å². The molecular weight excluding hydrogens is 740 g/mol. The van der Waals surface area contributed by atoms with E-state index in [2.05, 4.69) is 72.2 Å². The highest BCUT2D eigenvalue weighted by atomic mass is 127. The van der Waals surface area contributed by atoms with E-state index in [0.29, 0.717) is 5.69 Å². The number of rotatable bonds is 10. The molecule has 3 aromatic rings. The van der Waals surface area contributed by atoms with Crippen molar-refractivity contribution < 1.29 is 33.0 Å². The molecule has 2 fully saturated rings. The van der Waals surface area contributed by atoms with E-state index >= 15 is 0 Å². The van der Waals surface area contributed by atoms with Crippen molar-refractivity contribution in [1.29, 1.82) is 0 Å². The third-order valence-corrected chi connectivity index (χ3v) is 10.1. The fourth-order valence-electron chi connectivity index (χ4n) is 5.96. The molecule has 49 heavy (non-hydrogen) atoms. The van der Waals surface area contributed by atoms with Gasteiger partial charge in [-0.1, -0.05) is 79.8 Å². The average molecular weight is 784 g/mol. The first-order valence-corrected chi connectivity index (χ1v) is 17.4. The Balaban J connectivity index is 1.32. The number of nitrogens with zero attached hydrogens (tertiary/aromatic N) is 1. The number of hydrogen-bond acceptors (Lipinski definition) is 6. The molecule has 2 N–H and O–H groups in total. The maximum Gasteiger partial charge on any atom is 0.411 e. The summed E-state index contributed by atoms with van der Waals surface area (Å²) in [4.78, 5) is 53.5. The minimum absolute atomic E-state index is 0.0470. The summed E-state index contributed by atoms with van der Waals surface area (Å²) in [5.41, 5.74) is 2.55. The average Bonchev–Trinajstić information content (AvgIpc) is 3.71. The summed E-state index contributed by atoms with van der Waals surface area (Å²) in [5.74, 6) is -1.39. The minimum atomic E-state index is -1.08. The molecule has 1 aliphatic heterocycles. The number of ether oxygens (including phenoxy) is 2. The van der Waals surface area contributed by atoms with Crippen molar-refractivity contribution in [1.82, 2.24) is 10.2 Å². The molecule has 3 aromatic carbocycles. The Morgan fingerprint density at radius 2 is 1.63 bits per heavy atom. The fraction of sp³-hybridized carbons (Fsp3) is 0.421. The number of cyclic esters (lactones) is 1. The van der Waals surface area contributed by atoms with E-state index in [-0.39, 0.29) is 23.9 Å². The Kier molecular flexibility index (Phi) is 10.2. The molecule has 0 bridgehead atoms. The smallest absolute Gasteiger partial charge is 0.411 e. The van der Waals surface area contributed by atoms with E-state index in [1.54, 1.807) is 49.9 Å². The minimum Gasteiger partial charge on any atom is -0.444 e. The Hall–Kier alpha value is -4.00. The predicted octanol–water partition coefficient (Wildman–Crippen LogP) is 8.04. The maximum atomic E-state index is 13.5. The number of anilines is 1. The van der Waals surface area contributed by atoms with Crippen LogP contribution in [-0.2, 0) is 31.6 Å². The molecule has 0 radical (unpaired) electrons. The number of nitrogens with one attached hydrogen (secondary N) is 2. The van der Waals surface area contributed by atoms with Gasteiger partial charge in [0.05, 0.1) is 18.5 Å². The zero-order valence-corrected chi connectivity index (χ0v) is 30.9. The number of Topliss-reactive ketones (excluding diaryl/α,β-unsaturated/α-hetero) is 1. The first-order valence-electron chi connectivity index (χ1n) is 16.3. The number of alkyl halides is 1. The molecule has 1 heterocycles. The molecule has 260 valence electrons. The Morgan fingerprint density at radius 3 is 2.22 bits per heavy atom. The van der Waals surface area contributed by atoms with Gasteiger partial charge in [0.25, 0.3) is 0 Å². The van der Waals surface area contributed by atoms with Gasteiger partial charge in [-0.05, 0) is 92.1 Å². The van der Waals surface area contributed by atoms with Crippen LogP contribution in [0.5, 0.6) is 0 Å². The molecule has 1 saturated heterocycles. The lowest BCUT2D eigenvalue weighted by molar-refractivity contribution is -0.115. The third kappa shape index (κ3) is 8.78. The number of alkyl carbamates (subject to hydrolysis) is 1.